The van der Waals surface area contributed by atoms with Crippen LogP contribution in [0.3, 0.4) is 0 Å². The predicted molar refractivity (Wildman–Crippen MR) is 71.2 cm³/mol. The summed E-state index contributed by atoms with van der Waals surface area (Å²) in [4.78, 5) is 0. The number of hydrogen-bond acceptors (Lipinski definition) is 5. The average molecular weight is 318 g/mol. The Morgan fingerprint density at radius 2 is 1.32 bits per heavy atom. The van der Waals surface area contributed by atoms with Crippen LogP contribution in [0.1, 0.15) is 6.92 Å². The largest absolute Gasteiger partial charge is 1.00 e. The van der Waals surface area contributed by atoms with Crippen molar-refractivity contribution in [1.29, 1.82) is 0 Å². The molecule has 19 heavy (non-hydrogen) atoms. The Morgan fingerprint density at radius 3 is 1.58 bits per heavy atom. The molecule has 0 saturated heterocycles. The lowest BCUT2D eigenvalue weighted by Gasteiger charge is -2.38. The van der Waals surface area contributed by atoms with Crippen LogP contribution in [0.15, 0.2) is 0 Å². The highest BCUT2D eigenvalue weighted by Crippen LogP contribution is 2.17. The zero-order chi connectivity index (χ0) is 14.1. The first-order valence-corrected chi connectivity index (χ1v) is 8.23. The highest BCUT2D eigenvalue weighted by Gasteiger charge is 2.41. The fourth-order valence-electron chi connectivity index (χ4n) is 2.16. The van der Waals surface area contributed by atoms with Crippen molar-refractivity contribution in [2.45, 2.75) is 13.0 Å². The van der Waals surface area contributed by atoms with Crippen LogP contribution < -0.4 is 12.4 Å². The lowest BCUT2D eigenvalue weighted by Crippen LogP contribution is -3.00. The summed E-state index contributed by atoms with van der Waals surface area (Å²) < 4.78 is 16.8. The minimum absolute atomic E-state index is 0. The van der Waals surface area contributed by atoms with Crippen LogP contribution in [0.2, 0.25) is 6.04 Å². The normalized spacial score (nSPS) is 12.3. The SMILES string of the molecule is CC[N+](CCO)(CCO)CC[Si](OC)(OC)OC.[Cl-]. The van der Waals surface area contributed by atoms with Crippen LogP contribution in [0.25, 0.3) is 0 Å². The summed E-state index contributed by atoms with van der Waals surface area (Å²) in [6.07, 6.45) is 0. The van der Waals surface area contributed by atoms with Gasteiger partial charge >= 0.3 is 8.80 Å². The van der Waals surface area contributed by atoms with Gasteiger partial charge in [0.1, 0.15) is 13.1 Å². The van der Waals surface area contributed by atoms with E-state index in [1.807, 2.05) is 0 Å². The van der Waals surface area contributed by atoms with Crippen molar-refractivity contribution < 1.29 is 40.4 Å². The number of likely N-dealkylation sites (N-methyl/N-ethyl adjacent to an activating group) is 1. The van der Waals surface area contributed by atoms with E-state index < -0.39 is 8.80 Å². The van der Waals surface area contributed by atoms with E-state index in [0.29, 0.717) is 23.6 Å². The molecular weight excluding hydrogens is 290 g/mol. The molecule has 0 saturated carbocycles. The van der Waals surface area contributed by atoms with E-state index in [0.717, 1.165) is 13.1 Å². The highest BCUT2D eigenvalue weighted by atomic mass is 35.5. The summed E-state index contributed by atoms with van der Waals surface area (Å²) in [5, 5.41) is 18.4. The van der Waals surface area contributed by atoms with Gasteiger partial charge < -0.3 is 40.4 Å². The lowest BCUT2D eigenvalue weighted by atomic mass is 10.3. The highest BCUT2D eigenvalue weighted by molar-refractivity contribution is 6.60. The molecule has 0 unspecified atom stereocenters. The molecule has 0 heterocycles. The molecule has 6 nitrogen and oxygen atoms in total. The van der Waals surface area contributed by atoms with Crippen molar-refractivity contribution in [3.8, 4) is 0 Å². The van der Waals surface area contributed by atoms with Crippen molar-refractivity contribution in [3.05, 3.63) is 0 Å². The van der Waals surface area contributed by atoms with Crippen LogP contribution in [-0.2, 0) is 13.3 Å². The second-order valence-corrected chi connectivity index (χ2v) is 7.41. The molecular formula is C11H28ClNO5Si. The third-order valence-corrected chi connectivity index (χ3v) is 6.35. The third-order valence-electron chi connectivity index (χ3n) is 3.64. The number of aliphatic hydroxyl groups is 2. The second-order valence-electron chi connectivity index (χ2n) is 4.32. The smallest absolute Gasteiger partial charge is 0.505 e. The van der Waals surface area contributed by atoms with Gasteiger partial charge in [0.15, 0.2) is 0 Å². The zero-order valence-electron chi connectivity index (χ0n) is 12.4. The molecule has 0 spiro atoms. The van der Waals surface area contributed by atoms with Crippen LogP contribution >= 0.6 is 0 Å². The lowest BCUT2D eigenvalue weighted by molar-refractivity contribution is -0.925. The van der Waals surface area contributed by atoms with Gasteiger partial charge in [-0.3, -0.25) is 0 Å². The van der Waals surface area contributed by atoms with E-state index in [-0.39, 0.29) is 25.6 Å². The maximum absolute atomic E-state index is 9.18. The van der Waals surface area contributed by atoms with Crippen LogP contribution in [0.4, 0.5) is 0 Å². The van der Waals surface area contributed by atoms with Gasteiger partial charge in [0.25, 0.3) is 0 Å². The van der Waals surface area contributed by atoms with Crippen LogP contribution in [0, 0.1) is 0 Å². The molecule has 0 aromatic rings. The number of halogens is 1. The molecule has 0 radical (unpaired) electrons. The molecule has 0 rings (SSSR count). The van der Waals surface area contributed by atoms with E-state index in [9.17, 15) is 10.2 Å². The van der Waals surface area contributed by atoms with E-state index >= 15 is 0 Å². The van der Waals surface area contributed by atoms with E-state index in [4.69, 9.17) is 13.3 Å². The Labute approximate surface area is 123 Å². The monoisotopic (exact) mass is 317 g/mol. The van der Waals surface area contributed by atoms with E-state index in [1.54, 1.807) is 21.3 Å². The third kappa shape index (κ3) is 6.50. The summed E-state index contributed by atoms with van der Waals surface area (Å²) in [6, 6.07) is 0.671. The number of quaternary nitrogens is 1. The van der Waals surface area contributed by atoms with E-state index in [1.165, 1.54) is 0 Å². The first kappa shape index (κ1) is 21.6. The molecule has 0 aliphatic rings. The first-order valence-electron chi connectivity index (χ1n) is 6.30. The van der Waals surface area contributed by atoms with Crippen molar-refractivity contribution in [2.24, 2.45) is 0 Å². The Kier molecular flexibility index (Phi) is 12.5. The van der Waals surface area contributed by atoms with Gasteiger partial charge in [-0.25, -0.2) is 0 Å². The van der Waals surface area contributed by atoms with Gasteiger partial charge in [0.05, 0.1) is 32.3 Å². The quantitative estimate of drug-likeness (QED) is 0.308. The molecule has 0 fully saturated rings. The van der Waals surface area contributed by atoms with Gasteiger partial charge in [-0.15, -0.1) is 0 Å². The number of aliphatic hydroxyl groups excluding tert-OH is 2. The fourth-order valence-corrected chi connectivity index (χ4v) is 4.02. The molecule has 0 amide bonds. The van der Waals surface area contributed by atoms with Gasteiger partial charge in [-0.2, -0.15) is 0 Å². The first-order chi connectivity index (χ1) is 8.57. The fraction of sp³-hybridized carbons (Fsp3) is 1.00. The Bertz CT molecular complexity index is 205. The minimum atomic E-state index is -2.58. The number of nitrogens with zero attached hydrogens (tertiary/aromatic N) is 1. The van der Waals surface area contributed by atoms with Crippen molar-refractivity contribution in [1.82, 2.24) is 0 Å². The number of rotatable bonds is 11. The van der Waals surface area contributed by atoms with Crippen LogP contribution in [-0.4, -0.2) is 84.2 Å². The second kappa shape index (κ2) is 11.0. The summed E-state index contributed by atoms with van der Waals surface area (Å²) in [7, 11) is 2.21. The van der Waals surface area contributed by atoms with Crippen molar-refractivity contribution >= 4 is 8.80 Å². The van der Waals surface area contributed by atoms with Gasteiger partial charge in [0.2, 0.25) is 0 Å². The molecule has 0 aromatic heterocycles. The molecule has 0 bridgehead atoms. The van der Waals surface area contributed by atoms with Crippen molar-refractivity contribution in [3.63, 3.8) is 0 Å². The Morgan fingerprint density at radius 1 is 0.895 bits per heavy atom. The zero-order valence-corrected chi connectivity index (χ0v) is 14.2. The minimum Gasteiger partial charge on any atom is -1.00 e. The maximum atomic E-state index is 9.18. The summed E-state index contributed by atoms with van der Waals surface area (Å²) in [6.45, 7) is 5.13. The molecule has 0 atom stereocenters. The Balaban J connectivity index is 0. The average Bonchev–Trinajstić information content (AvgIpc) is 2.41. The predicted octanol–water partition coefficient (Wildman–Crippen LogP) is -3.31. The van der Waals surface area contributed by atoms with Gasteiger partial charge in [-0.1, -0.05) is 0 Å². The Hall–Kier alpha value is 0.267. The molecule has 0 aliphatic heterocycles. The van der Waals surface area contributed by atoms with Gasteiger partial charge in [0, 0.05) is 21.3 Å². The molecule has 0 aliphatic carbocycles. The number of hydrogen-bond donors (Lipinski definition) is 2. The molecule has 0 aromatic carbocycles. The maximum Gasteiger partial charge on any atom is 0.505 e. The molecule has 8 heteroatoms. The molecule has 2 N–H and O–H groups in total. The van der Waals surface area contributed by atoms with E-state index in [2.05, 4.69) is 6.92 Å². The van der Waals surface area contributed by atoms with Gasteiger partial charge in [-0.05, 0) is 6.92 Å². The molecule has 118 valence electrons. The summed E-state index contributed by atoms with van der Waals surface area (Å²) in [5.74, 6) is 0. The topological polar surface area (TPSA) is 68.2 Å². The van der Waals surface area contributed by atoms with Crippen molar-refractivity contribution in [2.75, 3.05) is 60.7 Å². The summed E-state index contributed by atoms with van der Waals surface area (Å²) >= 11 is 0. The standard InChI is InChI=1S/C11H28NO5Si.ClH/c1-5-12(6-9-13,7-10-14)8-11-18(15-2,16-3)17-4;/h13-14H,5-11H2,1-4H3;1H/q+1;/p-1. The summed E-state index contributed by atoms with van der Waals surface area (Å²) in [5.41, 5.74) is 0. The van der Waals surface area contributed by atoms with Crippen LogP contribution in [0.5, 0.6) is 0 Å².